The number of hydrogen-bond acceptors (Lipinski definition) is 3. The van der Waals surface area contributed by atoms with Crippen molar-refractivity contribution in [1.29, 1.82) is 0 Å². The van der Waals surface area contributed by atoms with Gasteiger partial charge in [0.05, 0.1) is 12.8 Å². The number of carbonyl (C=O) groups excluding carboxylic acids is 1. The second-order valence-electron chi connectivity index (χ2n) is 3.93. The third-order valence-corrected chi connectivity index (χ3v) is 3.10. The number of hydrogen-bond donors (Lipinski definition) is 1. The molecule has 1 N–H and O–H groups in total. The Balaban J connectivity index is 2.36. The van der Waals surface area contributed by atoms with E-state index < -0.39 is 0 Å². The van der Waals surface area contributed by atoms with Gasteiger partial charge in [-0.2, -0.15) is 5.10 Å². The van der Waals surface area contributed by atoms with E-state index in [1.54, 1.807) is 6.92 Å². The zero-order chi connectivity index (χ0) is 13.1. The van der Waals surface area contributed by atoms with E-state index in [9.17, 15) is 4.79 Å². The highest BCUT2D eigenvalue weighted by Gasteiger charge is 2.19. The molecule has 4 nitrogen and oxygen atoms in total. The molecule has 2 aromatic rings. The van der Waals surface area contributed by atoms with E-state index in [4.69, 9.17) is 16.3 Å². The van der Waals surface area contributed by atoms with Gasteiger partial charge in [0, 0.05) is 17.1 Å². The maximum absolute atomic E-state index is 11.7. The fourth-order valence-electron chi connectivity index (χ4n) is 1.80. The van der Waals surface area contributed by atoms with Crippen LogP contribution in [0.15, 0.2) is 24.3 Å². The van der Waals surface area contributed by atoms with Crippen molar-refractivity contribution in [2.45, 2.75) is 13.3 Å². The Hall–Kier alpha value is -1.81. The lowest BCUT2D eigenvalue weighted by Crippen LogP contribution is -2.06. The Labute approximate surface area is 110 Å². The van der Waals surface area contributed by atoms with Crippen molar-refractivity contribution in [3.05, 3.63) is 51.8 Å². The molecule has 18 heavy (non-hydrogen) atoms. The third kappa shape index (κ3) is 2.38. The molecule has 1 heterocycles. The molecule has 0 saturated carbocycles. The maximum Gasteiger partial charge on any atom is 0.341 e. The molecular weight excluding hydrogens is 252 g/mol. The highest BCUT2D eigenvalue weighted by Crippen LogP contribution is 2.21. The first-order valence-electron chi connectivity index (χ1n) is 5.49. The zero-order valence-electron chi connectivity index (χ0n) is 10.2. The van der Waals surface area contributed by atoms with Gasteiger partial charge in [-0.05, 0) is 18.6 Å². The van der Waals surface area contributed by atoms with Gasteiger partial charge in [-0.3, -0.25) is 5.10 Å². The molecule has 0 bridgehead atoms. The molecule has 0 saturated heterocycles. The average Bonchev–Trinajstić information content (AvgIpc) is 2.72. The minimum Gasteiger partial charge on any atom is -0.465 e. The van der Waals surface area contributed by atoms with Gasteiger partial charge in [0.25, 0.3) is 0 Å². The van der Waals surface area contributed by atoms with E-state index in [0.29, 0.717) is 28.4 Å². The number of methoxy groups -OCH3 is 1. The number of ether oxygens (including phenoxy) is 1. The minimum atomic E-state index is -0.386. The Morgan fingerprint density at radius 1 is 1.44 bits per heavy atom. The summed E-state index contributed by atoms with van der Waals surface area (Å²) < 4.78 is 4.75. The Bertz CT molecular complexity index is 578. The van der Waals surface area contributed by atoms with E-state index in [1.807, 2.05) is 24.3 Å². The molecule has 0 atom stereocenters. The summed E-state index contributed by atoms with van der Waals surface area (Å²) in [4.78, 5) is 11.7. The van der Waals surface area contributed by atoms with Gasteiger partial charge in [-0.15, -0.1) is 0 Å². The predicted molar refractivity (Wildman–Crippen MR) is 68.9 cm³/mol. The first kappa shape index (κ1) is 12.6. The molecule has 1 aromatic heterocycles. The number of aryl methyl sites for hydroxylation is 1. The molecule has 0 fully saturated rings. The summed E-state index contributed by atoms with van der Waals surface area (Å²) in [5.41, 5.74) is 2.75. The first-order chi connectivity index (χ1) is 8.63. The highest BCUT2D eigenvalue weighted by molar-refractivity contribution is 6.31. The van der Waals surface area contributed by atoms with Crippen LogP contribution in [-0.2, 0) is 11.2 Å². The van der Waals surface area contributed by atoms with Gasteiger partial charge in [-0.25, -0.2) is 4.79 Å². The number of esters is 1. The van der Waals surface area contributed by atoms with Crippen molar-refractivity contribution in [2.75, 3.05) is 7.11 Å². The lowest BCUT2D eigenvalue weighted by atomic mass is 10.1. The highest BCUT2D eigenvalue weighted by atomic mass is 35.5. The normalized spacial score (nSPS) is 10.4. The third-order valence-electron chi connectivity index (χ3n) is 2.73. The molecule has 0 spiro atoms. The lowest BCUT2D eigenvalue weighted by Gasteiger charge is -2.04. The van der Waals surface area contributed by atoms with Crippen LogP contribution in [0, 0.1) is 6.92 Å². The van der Waals surface area contributed by atoms with Crippen LogP contribution < -0.4 is 0 Å². The van der Waals surface area contributed by atoms with Crippen molar-refractivity contribution < 1.29 is 9.53 Å². The average molecular weight is 265 g/mol. The van der Waals surface area contributed by atoms with Crippen LogP contribution >= 0.6 is 11.6 Å². The van der Waals surface area contributed by atoms with Crippen molar-refractivity contribution in [2.24, 2.45) is 0 Å². The Morgan fingerprint density at radius 3 is 2.83 bits per heavy atom. The number of H-pyrrole nitrogens is 1. The van der Waals surface area contributed by atoms with E-state index in [2.05, 4.69) is 10.2 Å². The molecule has 1 aromatic carbocycles. The number of halogens is 1. The predicted octanol–water partition coefficient (Wildman–Crippen LogP) is 2.75. The molecular formula is C13H13ClN2O2. The largest absolute Gasteiger partial charge is 0.465 e. The summed E-state index contributed by atoms with van der Waals surface area (Å²) in [6.45, 7) is 1.79. The molecule has 2 rings (SSSR count). The van der Waals surface area contributed by atoms with Crippen LogP contribution in [0.4, 0.5) is 0 Å². The molecule has 0 radical (unpaired) electrons. The molecule has 0 aliphatic rings. The van der Waals surface area contributed by atoms with Crippen LogP contribution in [0.1, 0.15) is 27.3 Å². The van der Waals surface area contributed by atoms with Gasteiger partial charge in [-0.1, -0.05) is 29.8 Å². The van der Waals surface area contributed by atoms with Crippen LogP contribution in [0.25, 0.3) is 0 Å². The van der Waals surface area contributed by atoms with Crippen molar-refractivity contribution >= 4 is 17.6 Å². The Kier molecular flexibility index (Phi) is 3.67. The van der Waals surface area contributed by atoms with Gasteiger partial charge < -0.3 is 4.74 Å². The van der Waals surface area contributed by atoms with Crippen LogP contribution in [0.3, 0.4) is 0 Å². The summed E-state index contributed by atoms with van der Waals surface area (Å²) in [5.74, 6) is -0.386. The van der Waals surface area contributed by atoms with E-state index >= 15 is 0 Å². The SMILES string of the molecule is COC(=O)c1c(Cc2ccccc2Cl)n[nH]c1C. The zero-order valence-corrected chi connectivity index (χ0v) is 10.9. The van der Waals surface area contributed by atoms with Gasteiger partial charge in [0.15, 0.2) is 0 Å². The van der Waals surface area contributed by atoms with Gasteiger partial charge in [0.2, 0.25) is 0 Å². The number of aromatic amines is 1. The molecule has 0 unspecified atom stereocenters. The number of nitrogens with one attached hydrogen (secondary N) is 1. The number of carbonyl (C=O) groups is 1. The van der Waals surface area contributed by atoms with E-state index in [-0.39, 0.29) is 5.97 Å². The fraction of sp³-hybridized carbons (Fsp3) is 0.231. The summed E-state index contributed by atoms with van der Waals surface area (Å²) in [5, 5.41) is 7.60. The van der Waals surface area contributed by atoms with Gasteiger partial charge >= 0.3 is 5.97 Å². The maximum atomic E-state index is 11.7. The van der Waals surface area contributed by atoms with E-state index in [1.165, 1.54) is 7.11 Å². The second-order valence-corrected chi connectivity index (χ2v) is 4.34. The number of benzene rings is 1. The molecule has 5 heteroatoms. The minimum absolute atomic E-state index is 0.386. The summed E-state index contributed by atoms with van der Waals surface area (Å²) in [6, 6.07) is 7.49. The quantitative estimate of drug-likeness (QED) is 0.868. The molecule has 0 aliphatic carbocycles. The van der Waals surface area contributed by atoms with Crippen molar-refractivity contribution in [3.63, 3.8) is 0 Å². The summed E-state index contributed by atoms with van der Waals surface area (Å²) in [7, 11) is 1.36. The standard InChI is InChI=1S/C13H13ClN2O2/c1-8-12(13(17)18-2)11(16-15-8)7-9-5-3-4-6-10(9)14/h3-6H,7H2,1-2H3,(H,15,16). The van der Waals surface area contributed by atoms with Crippen LogP contribution in [0.5, 0.6) is 0 Å². The second kappa shape index (κ2) is 5.23. The van der Waals surface area contributed by atoms with Crippen LogP contribution in [-0.4, -0.2) is 23.3 Å². The topological polar surface area (TPSA) is 55.0 Å². The summed E-state index contributed by atoms with van der Waals surface area (Å²) >= 11 is 6.09. The molecule has 0 amide bonds. The van der Waals surface area contributed by atoms with Crippen LogP contribution in [0.2, 0.25) is 5.02 Å². The first-order valence-corrected chi connectivity index (χ1v) is 5.87. The number of rotatable bonds is 3. The van der Waals surface area contributed by atoms with Crippen molar-refractivity contribution in [1.82, 2.24) is 10.2 Å². The number of nitrogens with zero attached hydrogens (tertiary/aromatic N) is 1. The van der Waals surface area contributed by atoms with Crippen molar-refractivity contribution in [3.8, 4) is 0 Å². The number of aromatic nitrogens is 2. The van der Waals surface area contributed by atoms with E-state index in [0.717, 1.165) is 5.56 Å². The molecule has 94 valence electrons. The monoisotopic (exact) mass is 264 g/mol. The molecule has 0 aliphatic heterocycles. The lowest BCUT2D eigenvalue weighted by molar-refractivity contribution is 0.0599. The van der Waals surface area contributed by atoms with Gasteiger partial charge in [0.1, 0.15) is 5.56 Å². The Morgan fingerprint density at radius 2 is 2.17 bits per heavy atom. The summed E-state index contributed by atoms with van der Waals surface area (Å²) in [6.07, 6.45) is 0.494. The smallest absolute Gasteiger partial charge is 0.341 e. The fourth-order valence-corrected chi connectivity index (χ4v) is 2.01.